The Morgan fingerprint density at radius 2 is 1.48 bits per heavy atom. The summed E-state index contributed by atoms with van der Waals surface area (Å²) in [7, 11) is 8.51. The molecule has 33 heavy (non-hydrogen) atoms. The van der Waals surface area contributed by atoms with Crippen molar-refractivity contribution in [2.24, 2.45) is 0 Å². The van der Waals surface area contributed by atoms with Crippen molar-refractivity contribution in [1.82, 2.24) is 14.7 Å². The predicted octanol–water partition coefficient (Wildman–Crippen LogP) is 2.40. The highest BCUT2D eigenvalue weighted by Crippen LogP contribution is 2.46. The van der Waals surface area contributed by atoms with Gasteiger partial charge in [0.1, 0.15) is 5.75 Å². The summed E-state index contributed by atoms with van der Waals surface area (Å²) in [5.74, 6) is 0.965. The SMILES string of the molecule is COc1ccc([C@@H]2[C@@H](C(=O)N3CCN(C)CC3)c3cc(OC)c(OC)cc3C(=O)N2C)cc1. The number of piperazine rings is 1. The van der Waals surface area contributed by atoms with Crippen molar-refractivity contribution in [3.05, 3.63) is 53.1 Å². The normalized spacial score (nSPS) is 20.9. The van der Waals surface area contributed by atoms with Crippen LogP contribution in [-0.2, 0) is 4.79 Å². The van der Waals surface area contributed by atoms with Crippen molar-refractivity contribution in [3.63, 3.8) is 0 Å². The zero-order valence-corrected chi connectivity index (χ0v) is 19.8. The van der Waals surface area contributed by atoms with Crippen molar-refractivity contribution in [3.8, 4) is 17.2 Å². The zero-order chi connectivity index (χ0) is 23.7. The second-order valence-corrected chi connectivity index (χ2v) is 8.53. The highest BCUT2D eigenvalue weighted by atomic mass is 16.5. The molecule has 2 atom stereocenters. The maximum Gasteiger partial charge on any atom is 0.254 e. The smallest absolute Gasteiger partial charge is 0.254 e. The van der Waals surface area contributed by atoms with Gasteiger partial charge in [0.2, 0.25) is 5.91 Å². The molecular weight excluding hydrogens is 422 g/mol. The monoisotopic (exact) mass is 453 g/mol. The van der Waals surface area contributed by atoms with Crippen LogP contribution in [0.4, 0.5) is 0 Å². The van der Waals surface area contributed by atoms with E-state index in [1.54, 1.807) is 38.3 Å². The third-order valence-corrected chi connectivity index (χ3v) is 6.71. The number of ether oxygens (including phenoxy) is 3. The Kier molecular flexibility index (Phi) is 6.47. The number of hydrogen-bond acceptors (Lipinski definition) is 6. The van der Waals surface area contributed by atoms with Gasteiger partial charge in [-0.15, -0.1) is 0 Å². The first-order valence-corrected chi connectivity index (χ1v) is 11.0. The molecule has 4 rings (SSSR count). The predicted molar refractivity (Wildman–Crippen MR) is 124 cm³/mol. The van der Waals surface area contributed by atoms with Gasteiger partial charge < -0.3 is 28.9 Å². The number of hydrogen-bond donors (Lipinski definition) is 0. The summed E-state index contributed by atoms with van der Waals surface area (Å²) in [6, 6.07) is 10.6. The fraction of sp³-hybridized carbons (Fsp3) is 0.440. The first kappa shape index (κ1) is 22.9. The van der Waals surface area contributed by atoms with E-state index in [2.05, 4.69) is 11.9 Å². The third kappa shape index (κ3) is 4.11. The lowest BCUT2D eigenvalue weighted by molar-refractivity contribution is -0.136. The number of methoxy groups -OCH3 is 3. The molecule has 0 aromatic heterocycles. The molecule has 0 spiro atoms. The van der Waals surface area contributed by atoms with Crippen LogP contribution in [0.25, 0.3) is 0 Å². The molecule has 2 aromatic carbocycles. The van der Waals surface area contributed by atoms with Gasteiger partial charge in [0.15, 0.2) is 11.5 Å². The van der Waals surface area contributed by atoms with E-state index in [4.69, 9.17) is 14.2 Å². The van der Waals surface area contributed by atoms with Crippen LogP contribution in [-0.4, -0.2) is 88.1 Å². The largest absolute Gasteiger partial charge is 0.497 e. The van der Waals surface area contributed by atoms with Crippen LogP contribution < -0.4 is 14.2 Å². The van der Waals surface area contributed by atoms with Crippen molar-refractivity contribution in [1.29, 1.82) is 0 Å². The first-order valence-electron chi connectivity index (χ1n) is 11.0. The van der Waals surface area contributed by atoms with E-state index < -0.39 is 12.0 Å². The zero-order valence-electron chi connectivity index (χ0n) is 19.8. The van der Waals surface area contributed by atoms with Crippen molar-refractivity contribution in [2.45, 2.75) is 12.0 Å². The van der Waals surface area contributed by atoms with Crippen LogP contribution in [0.1, 0.15) is 33.4 Å². The summed E-state index contributed by atoms with van der Waals surface area (Å²) in [5, 5.41) is 0. The molecule has 2 aromatic rings. The van der Waals surface area contributed by atoms with Gasteiger partial charge in [-0.1, -0.05) is 12.1 Å². The molecule has 2 aliphatic heterocycles. The highest BCUT2D eigenvalue weighted by Gasteiger charge is 2.45. The Morgan fingerprint density at radius 3 is 2.06 bits per heavy atom. The van der Waals surface area contributed by atoms with Gasteiger partial charge in [0.25, 0.3) is 5.91 Å². The maximum absolute atomic E-state index is 14.0. The lowest BCUT2D eigenvalue weighted by atomic mass is 9.78. The molecule has 1 fully saturated rings. The second-order valence-electron chi connectivity index (χ2n) is 8.53. The van der Waals surface area contributed by atoms with Gasteiger partial charge in [-0.3, -0.25) is 9.59 Å². The average molecular weight is 454 g/mol. The molecule has 1 saturated heterocycles. The molecule has 176 valence electrons. The Labute approximate surface area is 194 Å². The van der Waals surface area contributed by atoms with Gasteiger partial charge in [0.05, 0.1) is 33.3 Å². The van der Waals surface area contributed by atoms with Crippen molar-refractivity contribution < 1.29 is 23.8 Å². The Balaban J connectivity index is 1.86. The number of carbonyl (C=O) groups excluding carboxylic acids is 2. The minimum absolute atomic E-state index is 0.0109. The van der Waals surface area contributed by atoms with Crippen LogP contribution in [0, 0.1) is 0 Å². The summed E-state index contributed by atoms with van der Waals surface area (Å²) in [4.78, 5) is 33.2. The van der Waals surface area contributed by atoms with Gasteiger partial charge in [-0.2, -0.15) is 0 Å². The van der Waals surface area contributed by atoms with Crippen molar-refractivity contribution in [2.75, 3.05) is 61.6 Å². The van der Waals surface area contributed by atoms with Crippen molar-refractivity contribution >= 4 is 11.8 Å². The number of amides is 2. The lowest BCUT2D eigenvalue weighted by Gasteiger charge is -2.43. The van der Waals surface area contributed by atoms with Crippen LogP contribution in [0.5, 0.6) is 17.2 Å². The Bertz CT molecular complexity index is 1030. The number of nitrogens with zero attached hydrogens (tertiary/aromatic N) is 3. The summed E-state index contributed by atoms with van der Waals surface area (Å²) < 4.78 is 16.3. The molecule has 2 heterocycles. The topological polar surface area (TPSA) is 71.5 Å². The lowest BCUT2D eigenvalue weighted by Crippen LogP contribution is -2.52. The number of carbonyl (C=O) groups is 2. The van der Waals surface area contributed by atoms with E-state index in [-0.39, 0.29) is 11.8 Å². The molecule has 0 saturated carbocycles. The number of fused-ring (bicyclic) bond motifs is 1. The molecule has 0 bridgehead atoms. The minimum Gasteiger partial charge on any atom is -0.497 e. The fourth-order valence-electron chi connectivity index (χ4n) is 4.76. The van der Waals surface area contributed by atoms with Gasteiger partial charge in [0, 0.05) is 38.8 Å². The first-order chi connectivity index (χ1) is 15.9. The standard InChI is InChI=1S/C25H31N3O5/c1-26-10-12-28(13-11-26)25(30)22-18-14-20(32-4)21(33-5)15-19(18)24(29)27(2)23(22)16-6-8-17(31-3)9-7-16/h6-9,14-15,22-23H,10-13H2,1-5H3/t22-,23+/m0/s1. The second kappa shape index (κ2) is 9.31. The average Bonchev–Trinajstić information content (AvgIpc) is 2.85. The van der Waals surface area contributed by atoms with Crippen LogP contribution >= 0.6 is 0 Å². The minimum atomic E-state index is -0.570. The number of benzene rings is 2. The van der Waals surface area contributed by atoms with Crippen LogP contribution in [0.3, 0.4) is 0 Å². The fourth-order valence-corrected chi connectivity index (χ4v) is 4.76. The molecule has 0 unspecified atom stereocenters. The van der Waals surface area contributed by atoms with Crippen LogP contribution in [0.15, 0.2) is 36.4 Å². The molecule has 0 aliphatic carbocycles. The Hall–Kier alpha value is -3.26. The van der Waals surface area contributed by atoms with Crippen LogP contribution in [0.2, 0.25) is 0 Å². The van der Waals surface area contributed by atoms with E-state index in [0.29, 0.717) is 35.7 Å². The molecule has 8 nitrogen and oxygen atoms in total. The molecular formula is C25H31N3O5. The number of rotatable bonds is 5. The molecule has 0 N–H and O–H groups in total. The summed E-state index contributed by atoms with van der Waals surface area (Å²) >= 11 is 0. The van der Waals surface area contributed by atoms with E-state index in [0.717, 1.165) is 24.4 Å². The molecule has 0 radical (unpaired) electrons. The van der Waals surface area contributed by atoms with Gasteiger partial charge in [-0.05, 0) is 42.4 Å². The molecule has 8 heteroatoms. The summed E-state index contributed by atoms with van der Waals surface area (Å²) in [6.45, 7) is 2.95. The molecule has 2 aliphatic rings. The maximum atomic E-state index is 14.0. The highest BCUT2D eigenvalue weighted by molar-refractivity contribution is 6.02. The Morgan fingerprint density at radius 1 is 0.879 bits per heavy atom. The number of likely N-dealkylation sites (N-methyl/N-ethyl adjacent to an activating group) is 2. The van der Waals surface area contributed by atoms with E-state index in [9.17, 15) is 9.59 Å². The van der Waals surface area contributed by atoms with Gasteiger partial charge >= 0.3 is 0 Å². The summed E-state index contributed by atoms with van der Waals surface area (Å²) in [6.07, 6.45) is 0. The summed E-state index contributed by atoms with van der Waals surface area (Å²) in [5.41, 5.74) is 2.01. The van der Waals surface area contributed by atoms with E-state index in [1.807, 2.05) is 29.2 Å². The van der Waals surface area contributed by atoms with E-state index in [1.165, 1.54) is 7.11 Å². The van der Waals surface area contributed by atoms with Gasteiger partial charge in [-0.25, -0.2) is 0 Å². The van der Waals surface area contributed by atoms with E-state index >= 15 is 0 Å². The molecule has 2 amide bonds. The quantitative estimate of drug-likeness (QED) is 0.693. The third-order valence-electron chi connectivity index (χ3n) is 6.71.